The molecule has 2 nitrogen and oxygen atoms in total. The number of nitrogen functional groups attached to an aromatic ring is 2. The van der Waals surface area contributed by atoms with E-state index in [1.54, 1.807) is 0 Å². The van der Waals surface area contributed by atoms with Gasteiger partial charge in [0.1, 0.15) is 0 Å². The summed E-state index contributed by atoms with van der Waals surface area (Å²) in [5.41, 5.74) is 19.4. The molecule has 2 aromatic rings. The molecule has 2 rings (SSSR count). The quantitative estimate of drug-likeness (QED) is 0.418. The number of nitrogens with two attached hydrogens (primary N) is 2. The lowest BCUT2D eigenvalue weighted by Gasteiger charge is -2.12. The molecule has 2 heteroatoms. The first-order chi connectivity index (χ1) is 12.1. The van der Waals surface area contributed by atoms with E-state index in [-0.39, 0.29) is 0 Å². The number of anilines is 2. The van der Waals surface area contributed by atoms with E-state index in [9.17, 15) is 0 Å². The van der Waals surface area contributed by atoms with Crippen LogP contribution in [0.4, 0.5) is 11.4 Å². The normalized spacial score (nSPS) is 11.0. The number of rotatable bonds is 10. The standard InChI is InChI=1S/C23H34N2/c1-3-5-7-9-18-11-13-20(22(24)15-18)17-21-14-12-19(16-23(21)25)10-8-6-4-2/h11-16H,3-10,17,24-25H2,1-2H3. The minimum absolute atomic E-state index is 0.808. The maximum atomic E-state index is 6.29. The van der Waals surface area contributed by atoms with Crippen LogP contribution in [-0.4, -0.2) is 0 Å². The largest absolute Gasteiger partial charge is 0.398 e. The molecule has 0 bridgehead atoms. The molecule has 0 aliphatic carbocycles. The molecule has 0 saturated heterocycles. The first kappa shape index (κ1) is 19.4. The van der Waals surface area contributed by atoms with Crippen LogP contribution < -0.4 is 11.5 Å². The van der Waals surface area contributed by atoms with E-state index in [0.29, 0.717) is 0 Å². The molecule has 0 atom stereocenters. The van der Waals surface area contributed by atoms with Gasteiger partial charge in [-0.1, -0.05) is 63.8 Å². The van der Waals surface area contributed by atoms with Gasteiger partial charge in [-0.05, 0) is 60.1 Å². The molecule has 0 spiro atoms. The molecule has 136 valence electrons. The molecule has 0 radical (unpaired) electrons. The maximum Gasteiger partial charge on any atom is 0.0352 e. The third-order valence-electron chi connectivity index (χ3n) is 4.94. The maximum absolute atomic E-state index is 6.29. The Labute approximate surface area is 153 Å². The van der Waals surface area contributed by atoms with Crippen molar-refractivity contribution < 1.29 is 0 Å². The van der Waals surface area contributed by atoms with Crippen molar-refractivity contribution in [2.75, 3.05) is 11.5 Å². The van der Waals surface area contributed by atoms with Crippen LogP contribution in [0.25, 0.3) is 0 Å². The smallest absolute Gasteiger partial charge is 0.0352 e. The van der Waals surface area contributed by atoms with Gasteiger partial charge in [0, 0.05) is 17.8 Å². The number of aryl methyl sites for hydroxylation is 2. The highest BCUT2D eigenvalue weighted by Gasteiger charge is 2.06. The molecule has 0 aliphatic heterocycles. The highest BCUT2D eigenvalue weighted by Crippen LogP contribution is 2.24. The van der Waals surface area contributed by atoms with Gasteiger partial charge in [0.25, 0.3) is 0 Å². The zero-order valence-corrected chi connectivity index (χ0v) is 16.0. The topological polar surface area (TPSA) is 52.0 Å². The Bertz CT molecular complexity index is 604. The van der Waals surface area contributed by atoms with Crippen LogP contribution in [0.3, 0.4) is 0 Å². The van der Waals surface area contributed by atoms with Gasteiger partial charge in [0.05, 0.1) is 0 Å². The third kappa shape index (κ3) is 6.12. The monoisotopic (exact) mass is 338 g/mol. The SMILES string of the molecule is CCCCCc1ccc(Cc2ccc(CCCCC)cc2N)c(N)c1. The summed E-state index contributed by atoms with van der Waals surface area (Å²) < 4.78 is 0. The molecule has 0 amide bonds. The zero-order valence-electron chi connectivity index (χ0n) is 16.0. The Kier molecular flexibility index (Phi) is 7.84. The van der Waals surface area contributed by atoms with Crippen LogP contribution >= 0.6 is 0 Å². The van der Waals surface area contributed by atoms with Crippen molar-refractivity contribution in [2.45, 2.75) is 71.6 Å². The minimum atomic E-state index is 0.808. The number of hydrogen-bond acceptors (Lipinski definition) is 2. The summed E-state index contributed by atoms with van der Waals surface area (Å²) in [5.74, 6) is 0. The predicted octanol–water partition coefficient (Wildman–Crippen LogP) is 5.91. The Balaban J connectivity index is 2.01. The summed E-state index contributed by atoms with van der Waals surface area (Å²) in [6.45, 7) is 4.47. The van der Waals surface area contributed by atoms with Crippen molar-refractivity contribution in [2.24, 2.45) is 0 Å². The molecule has 0 heterocycles. The molecule has 0 saturated carbocycles. The Morgan fingerprint density at radius 1 is 0.640 bits per heavy atom. The zero-order chi connectivity index (χ0) is 18.1. The van der Waals surface area contributed by atoms with Crippen molar-refractivity contribution >= 4 is 11.4 Å². The van der Waals surface area contributed by atoms with Gasteiger partial charge in [-0.3, -0.25) is 0 Å². The van der Waals surface area contributed by atoms with E-state index >= 15 is 0 Å². The van der Waals surface area contributed by atoms with Gasteiger partial charge in [0.15, 0.2) is 0 Å². The molecule has 0 fully saturated rings. The van der Waals surface area contributed by atoms with Crippen LogP contribution in [0.5, 0.6) is 0 Å². The van der Waals surface area contributed by atoms with Crippen LogP contribution in [0.1, 0.15) is 74.6 Å². The second-order valence-corrected chi connectivity index (χ2v) is 7.16. The molecule has 0 aliphatic rings. The molecule has 25 heavy (non-hydrogen) atoms. The highest BCUT2D eigenvalue weighted by atomic mass is 14.6. The number of unbranched alkanes of at least 4 members (excludes halogenated alkanes) is 4. The molecular weight excluding hydrogens is 304 g/mol. The highest BCUT2D eigenvalue weighted by molar-refractivity contribution is 5.56. The second-order valence-electron chi connectivity index (χ2n) is 7.16. The Hall–Kier alpha value is -1.96. The van der Waals surface area contributed by atoms with E-state index < -0.39 is 0 Å². The lowest BCUT2D eigenvalue weighted by molar-refractivity contribution is 0.717. The summed E-state index contributed by atoms with van der Waals surface area (Å²) in [4.78, 5) is 0. The van der Waals surface area contributed by atoms with Gasteiger partial charge in [-0.25, -0.2) is 0 Å². The summed E-state index contributed by atoms with van der Waals surface area (Å²) in [7, 11) is 0. The lowest BCUT2D eigenvalue weighted by atomic mass is 9.97. The van der Waals surface area contributed by atoms with Gasteiger partial charge >= 0.3 is 0 Å². The number of hydrogen-bond donors (Lipinski definition) is 2. The lowest BCUT2D eigenvalue weighted by Crippen LogP contribution is -2.01. The molecule has 0 unspecified atom stereocenters. The van der Waals surface area contributed by atoms with E-state index in [2.05, 4.69) is 50.2 Å². The summed E-state index contributed by atoms with van der Waals surface area (Å²) in [6, 6.07) is 13.1. The first-order valence-corrected chi connectivity index (χ1v) is 9.88. The summed E-state index contributed by atoms with van der Waals surface area (Å²) >= 11 is 0. The predicted molar refractivity (Wildman–Crippen MR) is 111 cm³/mol. The van der Waals surface area contributed by atoms with Gasteiger partial charge in [-0.15, -0.1) is 0 Å². The van der Waals surface area contributed by atoms with E-state index in [1.165, 1.54) is 60.8 Å². The Morgan fingerprint density at radius 3 is 1.44 bits per heavy atom. The summed E-state index contributed by atoms with van der Waals surface area (Å²) in [6.07, 6.45) is 10.6. The van der Waals surface area contributed by atoms with Crippen LogP contribution in [0.2, 0.25) is 0 Å². The fourth-order valence-electron chi connectivity index (χ4n) is 3.29. The average Bonchev–Trinajstić information content (AvgIpc) is 2.59. The van der Waals surface area contributed by atoms with Crippen LogP contribution in [-0.2, 0) is 19.3 Å². The molecular formula is C23H34N2. The average molecular weight is 339 g/mol. The van der Waals surface area contributed by atoms with Gasteiger partial charge in [0.2, 0.25) is 0 Å². The Morgan fingerprint density at radius 2 is 1.08 bits per heavy atom. The molecule has 4 N–H and O–H groups in total. The number of benzene rings is 2. The molecule has 2 aromatic carbocycles. The van der Waals surface area contributed by atoms with E-state index in [4.69, 9.17) is 11.5 Å². The fourth-order valence-corrected chi connectivity index (χ4v) is 3.29. The third-order valence-corrected chi connectivity index (χ3v) is 4.94. The van der Waals surface area contributed by atoms with Crippen molar-refractivity contribution in [3.05, 3.63) is 58.7 Å². The van der Waals surface area contributed by atoms with Crippen molar-refractivity contribution in [3.63, 3.8) is 0 Å². The fraction of sp³-hybridized carbons (Fsp3) is 0.478. The van der Waals surface area contributed by atoms with Gasteiger partial charge in [-0.2, -0.15) is 0 Å². The van der Waals surface area contributed by atoms with Crippen LogP contribution in [0, 0.1) is 0 Å². The van der Waals surface area contributed by atoms with Crippen molar-refractivity contribution in [1.82, 2.24) is 0 Å². The first-order valence-electron chi connectivity index (χ1n) is 9.88. The van der Waals surface area contributed by atoms with Crippen LogP contribution in [0.15, 0.2) is 36.4 Å². The van der Waals surface area contributed by atoms with E-state index in [0.717, 1.165) is 30.6 Å². The second kappa shape index (κ2) is 10.1. The van der Waals surface area contributed by atoms with E-state index in [1.807, 2.05) is 0 Å². The van der Waals surface area contributed by atoms with Gasteiger partial charge < -0.3 is 11.5 Å². The minimum Gasteiger partial charge on any atom is -0.398 e. The van der Waals surface area contributed by atoms with Crippen molar-refractivity contribution in [1.29, 1.82) is 0 Å². The van der Waals surface area contributed by atoms with Crippen molar-refractivity contribution in [3.8, 4) is 0 Å². The summed E-state index contributed by atoms with van der Waals surface area (Å²) in [5, 5.41) is 0. The molecule has 0 aromatic heterocycles.